The molecule has 23 heavy (non-hydrogen) atoms. The van der Waals surface area contributed by atoms with E-state index in [1.54, 1.807) is 12.1 Å². The van der Waals surface area contributed by atoms with Gasteiger partial charge in [0.2, 0.25) is 0 Å². The number of nitrogens with zero attached hydrogens (tertiary/aromatic N) is 1. The topological polar surface area (TPSA) is 55.2 Å². The number of non-ortho nitro benzene ring substituents is 1. The van der Waals surface area contributed by atoms with E-state index in [0.717, 1.165) is 29.9 Å². The summed E-state index contributed by atoms with van der Waals surface area (Å²) in [5.74, 6) is 2.93. The van der Waals surface area contributed by atoms with Gasteiger partial charge in [0.25, 0.3) is 5.69 Å². The quantitative estimate of drug-likeness (QED) is 0.651. The van der Waals surface area contributed by atoms with E-state index in [9.17, 15) is 10.1 Å². The molecular formula is C19H26N2O2. The van der Waals surface area contributed by atoms with E-state index in [1.807, 2.05) is 12.1 Å². The Bertz CT molecular complexity index is 561. The molecule has 124 valence electrons. The van der Waals surface area contributed by atoms with Gasteiger partial charge in [-0.3, -0.25) is 10.1 Å². The van der Waals surface area contributed by atoms with Gasteiger partial charge in [-0.15, -0.1) is 0 Å². The maximum atomic E-state index is 10.7. The van der Waals surface area contributed by atoms with Crippen molar-refractivity contribution in [1.82, 2.24) is 5.32 Å². The number of benzene rings is 1. The lowest BCUT2D eigenvalue weighted by atomic mass is 9.48. The molecule has 4 saturated carbocycles. The normalized spacial score (nSPS) is 36.1. The van der Waals surface area contributed by atoms with Gasteiger partial charge in [-0.2, -0.15) is 0 Å². The molecule has 4 bridgehead atoms. The van der Waals surface area contributed by atoms with E-state index in [1.165, 1.54) is 38.5 Å². The Morgan fingerprint density at radius 2 is 1.65 bits per heavy atom. The zero-order valence-electron chi connectivity index (χ0n) is 13.8. The zero-order chi connectivity index (χ0) is 16.0. The van der Waals surface area contributed by atoms with Crippen molar-refractivity contribution in [3.63, 3.8) is 0 Å². The van der Waals surface area contributed by atoms with Gasteiger partial charge in [-0.1, -0.05) is 12.1 Å². The van der Waals surface area contributed by atoms with E-state index in [-0.39, 0.29) is 10.6 Å². The third kappa shape index (κ3) is 2.78. The minimum absolute atomic E-state index is 0.169. The van der Waals surface area contributed by atoms with Crippen LogP contribution in [0.5, 0.6) is 0 Å². The van der Waals surface area contributed by atoms with Crippen LogP contribution in [0, 0.1) is 33.3 Å². The molecule has 4 heteroatoms. The van der Waals surface area contributed by atoms with Crippen LogP contribution in [0.25, 0.3) is 0 Å². The summed E-state index contributed by atoms with van der Waals surface area (Å²) in [6.45, 7) is 3.17. The molecule has 1 aromatic rings. The molecule has 0 radical (unpaired) electrons. The van der Waals surface area contributed by atoms with E-state index in [4.69, 9.17) is 0 Å². The minimum atomic E-state index is -0.338. The van der Waals surface area contributed by atoms with Crippen molar-refractivity contribution in [3.05, 3.63) is 39.9 Å². The smallest absolute Gasteiger partial charge is 0.269 e. The molecule has 0 aliphatic heterocycles. The lowest BCUT2D eigenvalue weighted by molar-refractivity contribution is -0.384. The summed E-state index contributed by atoms with van der Waals surface area (Å²) in [6, 6.07) is 7.49. The van der Waals surface area contributed by atoms with Crippen LogP contribution in [0.3, 0.4) is 0 Å². The van der Waals surface area contributed by atoms with E-state index in [0.29, 0.717) is 11.5 Å². The molecule has 4 nitrogen and oxygen atoms in total. The van der Waals surface area contributed by atoms with Gasteiger partial charge in [0, 0.05) is 24.7 Å². The molecule has 0 spiro atoms. The third-order valence-corrected chi connectivity index (χ3v) is 6.76. The van der Waals surface area contributed by atoms with Crippen LogP contribution in [-0.4, -0.2) is 11.0 Å². The molecule has 0 unspecified atom stereocenters. The molecule has 0 amide bonds. The first-order valence-electron chi connectivity index (χ1n) is 9.01. The first-order chi connectivity index (χ1) is 11.0. The number of hydrogen-bond acceptors (Lipinski definition) is 3. The second kappa shape index (κ2) is 5.59. The molecule has 4 aliphatic carbocycles. The SMILES string of the molecule is C[C@@H](NCc1ccc([N+](=O)[O-])cc1)C12CC3CC(CC(C3)C1)C2. The van der Waals surface area contributed by atoms with Crippen LogP contribution >= 0.6 is 0 Å². The van der Waals surface area contributed by atoms with Crippen molar-refractivity contribution < 1.29 is 4.92 Å². The molecule has 0 aromatic heterocycles. The van der Waals surface area contributed by atoms with Crippen LogP contribution in [0.2, 0.25) is 0 Å². The molecule has 4 aliphatic rings. The van der Waals surface area contributed by atoms with Crippen molar-refractivity contribution >= 4 is 5.69 Å². The molecule has 4 fully saturated rings. The van der Waals surface area contributed by atoms with E-state index >= 15 is 0 Å². The molecule has 5 rings (SSSR count). The average Bonchev–Trinajstić information content (AvgIpc) is 2.51. The largest absolute Gasteiger partial charge is 0.310 e. The van der Waals surface area contributed by atoms with Gasteiger partial charge >= 0.3 is 0 Å². The highest BCUT2D eigenvalue weighted by molar-refractivity contribution is 5.32. The maximum absolute atomic E-state index is 10.7. The summed E-state index contributed by atoms with van der Waals surface area (Å²) in [6.07, 6.45) is 8.67. The first-order valence-corrected chi connectivity index (χ1v) is 9.01. The average molecular weight is 314 g/mol. The van der Waals surface area contributed by atoms with Gasteiger partial charge in [0.1, 0.15) is 0 Å². The van der Waals surface area contributed by atoms with Gasteiger partial charge < -0.3 is 5.32 Å². The van der Waals surface area contributed by atoms with Gasteiger partial charge in [0.15, 0.2) is 0 Å². The Hall–Kier alpha value is -1.42. The Morgan fingerprint density at radius 3 is 2.13 bits per heavy atom. The summed E-state index contributed by atoms with van der Waals surface area (Å²) in [5, 5.41) is 14.5. The van der Waals surface area contributed by atoms with Gasteiger partial charge in [0.05, 0.1) is 4.92 Å². The highest BCUT2D eigenvalue weighted by Gasteiger charge is 2.52. The maximum Gasteiger partial charge on any atom is 0.269 e. The summed E-state index contributed by atoms with van der Waals surface area (Å²) in [4.78, 5) is 10.4. The predicted octanol–water partition coefficient (Wildman–Crippen LogP) is 4.29. The van der Waals surface area contributed by atoms with Gasteiger partial charge in [-0.05, 0) is 74.2 Å². The number of hydrogen-bond donors (Lipinski definition) is 1. The first kappa shape index (κ1) is 15.1. The van der Waals surface area contributed by atoms with Crippen molar-refractivity contribution in [3.8, 4) is 0 Å². The molecular weight excluding hydrogens is 288 g/mol. The van der Waals surface area contributed by atoms with Crippen molar-refractivity contribution in [2.45, 2.75) is 58.0 Å². The number of nitro benzene ring substituents is 1. The highest BCUT2D eigenvalue weighted by Crippen LogP contribution is 2.61. The lowest BCUT2D eigenvalue weighted by Crippen LogP contribution is -2.54. The van der Waals surface area contributed by atoms with Crippen LogP contribution in [0.1, 0.15) is 51.0 Å². The Morgan fingerprint density at radius 1 is 1.13 bits per heavy atom. The van der Waals surface area contributed by atoms with Crippen molar-refractivity contribution in [1.29, 1.82) is 0 Å². The molecule has 1 atom stereocenters. The number of nitro groups is 1. The minimum Gasteiger partial charge on any atom is -0.310 e. The van der Waals surface area contributed by atoms with Gasteiger partial charge in [-0.25, -0.2) is 0 Å². The standard InChI is InChI=1S/C19H26N2O2/c1-13(20-12-14-2-4-18(5-3-14)21(22)23)19-9-15-6-16(10-19)8-17(7-15)11-19/h2-5,13,15-17,20H,6-12H2,1H3/t13-,15?,16?,17?,19?/m1/s1. The second-order valence-corrected chi connectivity index (χ2v) is 8.31. The van der Waals surface area contributed by atoms with E-state index < -0.39 is 0 Å². The molecule has 1 N–H and O–H groups in total. The van der Waals surface area contributed by atoms with Crippen LogP contribution in [-0.2, 0) is 6.54 Å². The highest BCUT2D eigenvalue weighted by atomic mass is 16.6. The molecule has 0 heterocycles. The molecule has 0 saturated heterocycles. The zero-order valence-corrected chi connectivity index (χ0v) is 13.8. The second-order valence-electron chi connectivity index (χ2n) is 8.31. The Balaban J connectivity index is 1.40. The van der Waals surface area contributed by atoms with Crippen molar-refractivity contribution in [2.24, 2.45) is 23.2 Å². The van der Waals surface area contributed by atoms with E-state index in [2.05, 4.69) is 12.2 Å². The fourth-order valence-corrected chi connectivity index (χ4v) is 5.93. The Kier molecular flexibility index (Phi) is 3.67. The van der Waals surface area contributed by atoms with Crippen molar-refractivity contribution in [2.75, 3.05) is 0 Å². The third-order valence-electron chi connectivity index (χ3n) is 6.76. The van der Waals surface area contributed by atoms with Crippen LogP contribution < -0.4 is 5.32 Å². The predicted molar refractivity (Wildman–Crippen MR) is 90.0 cm³/mol. The number of nitrogens with one attached hydrogen (secondary N) is 1. The summed E-state index contributed by atoms with van der Waals surface area (Å²) < 4.78 is 0. The molecule has 1 aromatic carbocycles. The van der Waals surface area contributed by atoms with Crippen LogP contribution in [0.15, 0.2) is 24.3 Å². The lowest BCUT2D eigenvalue weighted by Gasteiger charge is -2.59. The summed E-state index contributed by atoms with van der Waals surface area (Å²) in [7, 11) is 0. The monoisotopic (exact) mass is 314 g/mol. The van der Waals surface area contributed by atoms with Crippen LogP contribution in [0.4, 0.5) is 5.69 Å². The Labute approximate surface area is 137 Å². The summed E-state index contributed by atoms with van der Waals surface area (Å²) >= 11 is 0. The fraction of sp³-hybridized carbons (Fsp3) is 0.684. The fourth-order valence-electron chi connectivity index (χ4n) is 5.93. The summed E-state index contributed by atoms with van der Waals surface area (Å²) in [5.41, 5.74) is 1.81. The number of rotatable bonds is 5.